The van der Waals surface area contributed by atoms with Crippen molar-refractivity contribution in [2.45, 2.75) is 43.9 Å². The maximum absolute atomic E-state index is 2.43. The molecular weight excluding hydrogens is 366 g/mol. The number of fused-ring (bicyclic) bond motifs is 3. The highest BCUT2D eigenvalue weighted by Gasteiger charge is 2.29. The molecular formula is C24H24NS2+. The van der Waals surface area contributed by atoms with Crippen molar-refractivity contribution in [3.05, 3.63) is 53.0 Å². The van der Waals surface area contributed by atoms with Crippen molar-refractivity contribution < 1.29 is 4.57 Å². The maximum Gasteiger partial charge on any atom is 0.222 e. The smallest absolute Gasteiger partial charge is 0.200 e. The Balaban J connectivity index is 1.85. The van der Waals surface area contributed by atoms with Gasteiger partial charge in [0.2, 0.25) is 5.69 Å². The zero-order valence-corrected chi connectivity index (χ0v) is 18.1. The Morgan fingerprint density at radius 1 is 1.04 bits per heavy atom. The van der Waals surface area contributed by atoms with Crippen molar-refractivity contribution >= 4 is 44.0 Å². The average molecular weight is 391 g/mol. The predicted octanol–water partition coefficient (Wildman–Crippen LogP) is 6.91. The Bertz CT molecular complexity index is 1230. The number of rotatable bonds is 1. The van der Waals surface area contributed by atoms with Crippen molar-refractivity contribution in [1.29, 1.82) is 0 Å². The van der Waals surface area contributed by atoms with E-state index < -0.39 is 0 Å². The summed E-state index contributed by atoms with van der Waals surface area (Å²) in [5.74, 6) is 0. The Kier molecular flexibility index (Phi) is 3.73. The van der Waals surface area contributed by atoms with E-state index in [4.69, 9.17) is 0 Å². The normalized spacial score (nSPS) is 13.4. The molecule has 27 heavy (non-hydrogen) atoms. The molecule has 3 heteroatoms. The first kappa shape index (κ1) is 17.3. The third-order valence-electron chi connectivity index (χ3n) is 5.43. The molecule has 0 bridgehead atoms. The standard InChI is InChI=1S/C24H24NS2/c1-14-17-7-9-26-18(17)12-20-21(14)23-22-16(6-8-25(23)5)10-15(11-19(22)27-20)13-24(2,3)4/h6-12H,13H2,1-5H3/q+1. The van der Waals surface area contributed by atoms with Crippen LogP contribution in [0.4, 0.5) is 0 Å². The topological polar surface area (TPSA) is 3.88 Å². The summed E-state index contributed by atoms with van der Waals surface area (Å²) in [6.45, 7) is 9.24. The lowest BCUT2D eigenvalue weighted by Crippen LogP contribution is -2.31. The van der Waals surface area contributed by atoms with Gasteiger partial charge in [-0.2, -0.15) is 0 Å². The predicted molar refractivity (Wildman–Crippen MR) is 118 cm³/mol. The minimum absolute atomic E-state index is 0.291. The second-order valence-electron chi connectivity index (χ2n) is 8.88. The van der Waals surface area contributed by atoms with Crippen LogP contribution in [0.1, 0.15) is 31.9 Å². The fourth-order valence-corrected chi connectivity index (χ4v) is 6.62. The summed E-state index contributed by atoms with van der Waals surface area (Å²) in [5, 5.41) is 6.38. The summed E-state index contributed by atoms with van der Waals surface area (Å²) in [4.78, 5) is 2.80. The summed E-state index contributed by atoms with van der Waals surface area (Å²) in [6.07, 6.45) is 3.32. The van der Waals surface area contributed by atoms with Gasteiger partial charge in [0, 0.05) is 20.6 Å². The summed E-state index contributed by atoms with van der Waals surface area (Å²) in [5.41, 5.74) is 5.91. The number of nitrogens with zero attached hydrogens (tertiary/aromatic N) is 1. The minimum atomic E-state index is 0.291. The lowest BCUT2D eigenvalue weighted by Gasteiger charge is -2.23. The molecule has 0 saturated heterocycles. The molecule has 1 aliphatic rings. The summed E-state index contributed by atoms with van der Waals surface area (Å²) in [7, 11) is 2.18. The molecule has 0 unspecified atom stereocenters. The quantitative estimate of drug-likeness (QED) is 0.281. The van der Waals surface area contributed by atoms with Gasteiger partial charge < -0.3 is 0 Å². The van der Waals surface area contributed by atoms with E-state index >= 15 is 0 Å². The first-order valence-corrected chi connectivity index (χ1v) is 11.2. The molecule has 0 N–H and O–H groups in total. The first-order chi connectivity index (χ1) is 12.8. The van der Waals surface area contributed by atoms with E-state index in [1.165, 1.54) is 53.0 Å². The molecule has 1 nitrogen and oxygen atoms in total. The largest absolute Gasteiger partial charge is 0.222 e. The van der Waals surface area contributed by atoms with Crippen LogP contribution in [0.15, 0.2) is 51.7 Å². The van der Waals surface area contributed by atoms with Crippen molar-refractivity contribution in [3.8, 4) is 11.3 Å². The number of aryl methyl sites for hydroxylation is 2. The summed E-state index contributed by atoms with van der Waals surface area (Å²) in [6, 6.07) is 11.8. The van der Waals surface area contributed by atoms with Gasteiger partial charge in [0.15, 0.2) is 6.20 Å². The highest BCUT2D eigenvalue weighted by atomic mass is 32.2. The van der Waals surface area contributed by atoms with Crippen LogP contribution < -0.4 is 4.57 Å². The lowest BCUT2D eigenvalue weighted by atomic mass is 9.87. The van der Waals surface area contributed by atoms with Crippen LogP contribution in [-0.4, -0.2) is 0 Å². The molecule has 0 aliphatic carbocycles. The zero-order valence-electron chi connectivity index (χ0n) is 16.5. The maximum atomic E-state index is 2.43. The molecule has 0 amide bonds. The molecule has 3 heterocycles. The summed E-state index contributed by atoms with van der Waals surface area (Å²) < 4.78 is 3.70. The Morgan fingerprint density at radius 3 is 2.63 bits per heavy atom. The Hall–Kier alpha value is -1.84. The van der Waals surface area contributed by atoms with Crippen molar-refractivity contribution in [1.82, 2.24) is 0 Å². The molecule has 2 aromatic carbocycles. The van der Waals surface area contributed by atoms with E-state index in [0.717, 1.165) is 6.42 Å². The van der Waals surface area contributed by atoms with E-state index in [2.05, 4.69) is 81.2 Å². The highest BCUT2D eigenvalue weighted by molar-refractivity contribution is 7.99. The molecule has 1 aliphatic heterocycles. The van der Waals surface area contributed by atoms with Crippen LogP contribution >= 0.6 is 23.1 Å². The summed E-state index contributed by atoms with van der Waals surface area (Å²) >= 11 is 3.79. The van der Waals surface area contributed by atoms with Crippen LogP contribution in [0, 0.1) is 12.3 Å². The van der Waals surface area contributed by atoms with Gasteiger partial charge in [-0.05, 0) is 64.2 Å². The number of thiophene rings is 1. The van der Waals surface area contributed by atoms with Crippen LogP contribution in [0.2, 0.25) is 0 Å². The average Bonchev–Trinajstić information content (AvgIpc) is 3.04. The third kappa shape index (κ3) is 2.71. The van der Waals surface area contributed by atoms with Gasteiger partial charge in [-0.15, -0.1) is 11.3 Å². The fourth-order valence-electron chi connectivity index (χ4n) is 4.37. The lowest BCUT2D eigenvalue weighted by molar-refractivity contribution is -0.659. The molecule has 0 spiro atoms. The first-order valence-electron chi connectivity index (χ1n) is 9.46. The number of hydrogen-bond acceptors (Lipinski definition) is 2. The minimum Gasteiger partial charge on any atom is -0.200 e. The van der Waals surface area contributed by atoms with Crippen LogP contribution in [0.5, 0.6) is 0 Å². The molecule has 5 rings (SSSR count). The van der Waals surface area contributed by atoms with Crippen molar-refractivity contribution in [3.63, 3.8) is 0 Å². The molecule has 0 saturated carbocycles. The van der Waals surface area contributed by atoms with Crippen molar-refractivity contribution in [2.24, 2.45) is 12.5 Å². The number of hydrogen-bond donors (Lipinski definition) is 0. The molecule has 2 aromatic heterocycles. The van der Waals surface area contributed by atoms with Crippen LogP contribution in [0.25, 0.3) is 32.1 Å². The highest BCUT2D eigenvalue weighted by Crippen LogP contribution is 2.50. The van der Waals surface area contributed by atoms with Gasteiger partial charge in [-0.3, -0.25) is 0 Å². The van der Waals surface area contributed by atoms with E-state index in [1.54, 1.807) is 0 Å². The van der Waals surface area contributed by atoms with E-state index in [0.29, 0.717) is 5.41 Å². The van der Waals surface area contributed by atoms with Gasteiger partial charge >= 0.3 is 0 Å². The number of benzene rings is 2. The molecule has 4 aromatic rings. The van der Waals surface area contributed by atoms with Crippen molar-refractivity contribution in [2.75, 3.05) is 0 Å². The zero-order chi connectivity index (χ0) is 18.9. The Labute approximate surface area is 169 Å². The number of aromatic nitrogens is 1. The molecule has 0 fully saturated rings. The van der Waals surface area contributed by atoms with Gasteiger partial charge in [0.25, 0.3) is 0 Å². The second kappa shape index (κ2) is 5.83. The molecule has 0 radical (unpaired) electrons. The second-order valence-corrected chi connectivity index (χ2v) is 10.9. The van der Waals surface area contributed by atoms with Gasteiger partial charge in [0.05, 0.1) is 10.9 Å². The van der Waals surface area contributed by atoms with Gasteiger partial charge in [0.1, 0.15) is 7.05 Å². The van der Waals surface area contributed by atoms with Crippen LogP contribution in [-0.2, 0) is 13.5 Å². The molecule has 136 valence electrons. The van der Waals surface area contributed by atoms with E-state index in [-0.39, 0.29) is 0 Å². The van der Waals surface area contributed by atoms with E-state index in [9.17, 15) is 0 Å². The Morgan fingerprint density at radius 2 is 1.85 bits per heavy atom. The number of pyridine rings is 1. The van der Waals surface area contributed by atoms with Gasteiger partial charge in [-0.1, -0.05) is 38.6 Å². The molecule has 0 atom stereocenters. The van der Waals surface area contributed by atoms with Gasteiger partial charge in [-0.25, -0.2) is 4.57 Å². The SMILES string of the molecule is Cc1c2c(cc3sccc13)Sc1cc(CC(C)(C)C)cc3cc[n+](C)c-2c13. The fraction of sp³-hybridized carbons (Fsp3) is 0.292. The van der Waals surface area contributed by atoms with Crippen LogP contribution in [0.3, 0.4) is 0 Å². The van der Waals surface area contributed by atoms with E-state index in [1.807, 2.05) is 23.1 Å². The monoisotopic (exact) mass is 390 g/mol. The third-order valence-corrected chi connectivity index (χ3v) is 7.38.